The van der Waals surface area contributed by atoms with Gasteiger partial charge in [-0.1, -0.05) is 0 Å². The molecule has 0 unspecified atom stereocenters. The van der Waals surface area contributed by atoms with Crippen molar-refractivity contribution in [3.8, 4) is 0 Å². The highest BCUT2D eigenvalue weighted by molar-refractivity contribution is 5.85. The van der Waals surface area contributed by atoms with E-state index in [1.807, 2.05) is 24.9 Å². The number of hydrogen-bond acceptors (Lipinski definition) is 5. The van der Waals surface area contributed by atoms with Gasteiger partial charge in [-0.2, -0.15) is 0 Å². The van der Waals surface area contributed by atoms with Crippen molar-refractivity contribution in [2.24, 2.45) is 7.05 Å². The molecule has 18 heavy (non-hydrogen) atoms. The predicted molar refractivity (Wildman–Crippen MR) is 64.3 cm³/mol. The third kappa shape index (κ3) is 2.45. The molecule has 0 atom stereocenters. The van der Waals surface area contributed by atoms with Crippen molar-refractivity contribution >= 4 is 11.8 Å². The second-order valence-corrected chi connectivity index (χ2v) is 3.88. The molecule has 0 saturated heterocycles. The lowest BCUT2D eigenvalue weighted by Gasteiger charge is -2.17. The fourth-order valence-electron chi connectivity index (χ4n) is 1.48. The summed E-state index contributed by atoms with van der Waals surface area (Å²) in [7, 11) is 3.71. The molecule has 0 aromatic carbocycles. The first-order valence-corrected chi connectivity index (χ1v) is 5.30. The zero-order valence-corrected chi connectivity index (χ0v) is 10.1. The number of aromatic nitrogens is 4. The van der Waals surface area contributed by atoms with E-state index in [-0.39, 0.29) is 5.69 Å². The number of aromatic carboxylic acids is 1. The van der Waals surface area contributed by atoms with E-state index in [1.165, 1.54) is 12.4 Å². The lowest BCUT2D eigenvalue weighted by Crippen LogP contribution is -2.21. The van der Waals surface area contributed by atoms with Crippen LogP contribution in [0.3, 0.4) is 0 Å². The number of imidazole rings is 1. The van der Waals surface area contributed by atoms with Crippen LogP contribution in [0.5, 0.6) is 0 Å². The highest BCUT2D eigenvalue weighted by Gasteiger charge is 2.11. The Labute approximate surface area is 104 Å². The summed E-state index contributed by atoms with van der Waals surface area (Å²) in [5, 5.41) is 8.85. The predicted octanol–water partition coefficient (Wildman–Crippen LogP) is 0.545. The number of hydrogen-bond donors (Lipinski definition) is 1. The number of carboxylic acids is 1. The molecule has 0 bridgehead atoms. The van der Waals surface area contributed by atoms with E-state index >= 15 is 0 Å². The van der Waals surface area contributed by atoms with E-state index < -0.39 is 5.97 Å². The average Bonchev–Trinajstić information content (AvgIpc) is 2.75. The lowest BCUT2D eigenvalue weighted by atomic mass is 10.4. The minimum Gasteiger partial charge on any atom is -0.476 e. The summed E-state index contributed by atoms with van der Waals surface area (Å²) >= 11 is 0. The maximum atomic E-state index is 10.8. The van der Waals surface area contributed by atoms with Crippen LogP contribution >= 0.6 is 0 Å². The largest absolute Gasteiger partial charge is 0.476 e. The van der Waals surface area contributed by atoms with Crippen LogP contribution < -0.4 is 4.90 Å². The van der Waals surface area contributed by atoms with Gasteiger partial charge in [0.05, 0.1) is 18.9 Å². The first-order chi connectivity index (χ1) is 8.58. The monoisotopic (exact) mass is 247 g/mol. The van der Waals surface area contributed by atoms with Gasteiger partial charge in [0, 0.05) is 26.5 Å². The Morgan fingerprint density at radius 2 is 2.28 bits per heavy atom. The fourth-order valence-corrected chi connectivity index (χ4v) is 1.48. The van der Waals surface area contributed by atoms with Crippen molar-refractivity contribution in [2.75, 3.05) is 11.9 Å². The lowest BCUT2D eigenvalue weighted by molar-refractivity contribution is 0.0690. The van der Waals surface area contributed by atoms with Gasteiger partial charge >= 0.3 is 5.97 Å². The minimum atomic E-state index is -1.09. The molecule has 0 aliphatic heterocycles. The quantitative estimate of drug-likeness (QED) is 0.849. The van der Waals surface area contributed by atoms with E-state index in [0.29, 0.717) is 12.4 Å². The van der Waals surface area contributed by atoms with Gasteiger partial charge < -0.3 is 14.6 Å². The van der Waals surface area contributed by atoms with Crippen molar-refractivity contribution in [2.45, 2.75) is 6.54 Å². The molecular weight excluding hydrogens is 234 g/mol. The summed E-state index contributed by atoms with van der Waals surface area (Å²) in [5.41, 5.74) is -0.0702. The molecule has 0 aliphatic rings. The summed E-state index contributed by atoms with van der Waals surface area (Å²) < 4.78 is 1.89. The van der Waals surface area contributed by atoms with Crippen molar-refractivity contribution < 1.29 is 9.90 Å². The molecule has 2 aromatic rings. The van der Waals surface area contributed by atoms with Gasteiger partial charge in [0.1, 0.15) is 11.6 Å². The van der Waals surface area contributed by atoms with E-state index in [0.717, 1.165) is 5.82 Å². The van der Waals surface area contributed by atoms with Gasteiger partial charge in [-0.05, 0) is 0 Å². The summed E-state index contributed by atoms with van der Waals surface area (Å²) in [4.78, 5) is 24.7. The topological polar surface area (TPSA) is 84.1 Å². The number of carboxylic acid groups (broad SMARTS) is 1. The van der Waals surface area contributed by atoms with E-state index in [1.54, 1.807) is 11.1 Å². The SMILES string of the molecule is CN(Cc1nccn1C)c1cncc(C(=O)O)n1. The third-order valence-corrected chi connectivity index (χ3v) is 2.53. The summed E-state index contributed by atoms with van der Waals surface area (Å²) in [6.07, 6.45) is 6.31. The third-order valence-electron chi connectivity index (χ3n) is 2.53. The first-order valence-electron chi connectivity index (χ1n) is 5.30. The smallest absolute Gasteiger partial charge is 0.356 e. The standard InChI is InChI=1S/C11H13N5O2/c1-15-4-3-13-10(15)7-16(2)9-6-12-5-8(14-9)11(17)18/h3-6H,7H2,1-2H3,(H,17,18). The van der Waals surface area contributed by atoms with E-state index in [2.05, 4.69) is 15.0 Å². The van der Waals surface area contributed by atoms with Crippen LogP contribution in [0.1, 0.15) is 16.3 Å². The number of rotatable bonds is 4. The molecule has 7 nitrogen and oxygen atoms in total. The van der Waals surface area contributed by atoms with Crippen molar-refractivity contribution in [1.29, 1.82) is 0 Å². The van der Waals surface area contributed by atoms with Crippen molar-refractivity contribution in [1.82, 2.24) is 19.5 Å². The molecule has 0 saturated carbocycles. The Bertz CT molecular complexity index is 566. The van der Waals surface area contributed by atoms with Crippen LogP contribution in [-0.4, -0.2) is 37.6 Å². The summed E-state index contributed by atoms with van der Waals surface area (Å²) in [5.74, 6) is 0.271. The zero-order valence-electron chi connectivity index (χ0n) is 10.1. The van der Waals surface area contributed by atoms with Gasteiger partial charge in [0.2, 0.25) is 0 Å². The molecule has 0 spiro atoms. The Morgan fingerprint density at radius 1 is 1.50 bits per heavy atom. The van der Waals surface area contributed by atoms with Gasteiger partial charge in [0.15, 0.2) is 5.69 Å². The van der Waals surface area contributed by atoms with Crippen molar-refractivity contribution in [3.63, 3.8) is 0 Å². The van der Waals surface area contributed by atoms with E-state index in [4.69, 9.17) is 5.11 Å². The minimum absolute atomic E-state index is 0.0702. The van der Waals surface area contributed by atoms with Crippen LogP contribution in [-0.2, 0) is 13.6 Å². The van der Waals surface area contributed by atoms with Gasteiger partial charge in [0.25, 0.3) is 0 Å². The number of aryl methyl sites for hydroxylation is 1. The first kappa shape index (κ1) is 12.0. The van der Waals surface area contributed by atoms with Gasteiger partial charge in [-0.15, -0.1) is 0 Å². The van der Waals surface area contributed by atoms with Crippen LogP contribution in [0.2, 0.25) is 0 Å². The molecular formula is C11H13N5O2. The second-order valence-electron chi connectivity index (χ2n) is 3.88. The van der Waals surface area contributed by atoms with Crippen LogP contribution in [0, 0.1) is 0 Å². The maximum Gasteiger partial charge on any atom is 0.356 e. The zero-order chi connectivity index (χ0) is 13.1. The summed E-state index contributed by atoms with van der Waals surface area (Å²) in [6, 6.07) is 0. The van der Waals surface area contributed by atoms with Crippen LogP contribution in [0.25, 0.3) is 0 Å². The molecule has 2 heterocycles. The molecule has 2 aromatic heterocycles. The van der Waals surface area contributed by atoms with Crippen LogP contribution in [0.4, 0.5) is 5.82 Å². The van der Waals surface area contributed by atoms with Gasteiger partial charge in [-0.25, -0.2) is 14.8 Å². The molecule has 1 N–H and O–H groups in total. The number of anilines is 1. The Balaban J connectivity index is 2.18. The second kappa shape index (κ2) is 4.82. The molecule has 94 valence electrons. The highest BCUT2D eigenvalue weighted by Crippen LogP contribution is 2.10. The normalized spacial score (nSPS) is 10.3. The van der Waals surface area contributed by atoms with Gasteiger partial charge in [-0.3, -0.25) is 4.98 Å². The Morgan fingerprint density at radius 3 is 2.89 bits per heavy atom. The number of carbonyl (C=O) groups is 1. The van der Waals surface area contributed by atoms with Crippen LogP contribution in [0.15, 0.2) is 24.8 Å². The maximum absolute atomic E-state index is 10.8. The number of nitrogens with zero attached hydrogens (tertiary/aromatic N) is 5. The molecule has 0 radical (unpaired) electrons. The van der Waals surface area contributed by atoms with Crippen molar-refractivity contribution in [3.05, 3.63) is 36.3 Å². The molecule has 0 amide bonds. The molecule has 0 aliphatic carbocycles. The summed E-state index contributed by atoms with van der Waals surface area (Å²) in [6.45, 7) is 0.529. The Kier molecular flexibility index (Phi) is 3.22. The van der Waals surface area contributed by atoms with E-state index in [9.17, 15) is 4.79 Å². The fraction of sp³-hybridized carbons (Fsp3) is 0.273. The molecule has 0 fully saturated rings. The molecule has 7 heteroatoms. The molecule has 2 rings (SSSR count). The highest BCUT2D eigenvalue weighted by atomic mass is 16.4. The Hall–Kier alpha value is -2.44. The average molecular weight is 247 g/mol.